The monoisotopic (exact) mass is 235 g/mol. The van der Waals surface area contributed by atoms with Gasteiger partial charge in [0, 0.05) is 6.20 Å². The molecule has 1 saturated carbocycles. The molecule has 2 rings (SSSR count). The summed E-state index contributed by atoms with van der Waals surface area (Å²) in [5.41, 5.74) is 3.66. The lowest BCUT2D eigenvalue weighted by atomic mass is 9.89. The van der Waals surface area contributed by atoms with Crippen LogP contribution in [0.2, 0.25) is 0 Å². The summed E-state index contributed by atoms with van der Waals surface area (Å²) in [6.45, 7) is 2.97. The second-order valence-corrected chi connectivity index (χ2v) is 4.89. The smallest absolute Gasteiger partial charge is 0.140 e. The highest BCUT2D eigenvalue weighted by Gasteiger charge is 2.18. The van der Waals surface area contributed by atoms with Crippen LogP contribution in [0.1, 0.15) is 38.2 Å². The summed E-state index contributed by atoms with van der Waals surface area (Å²) >= 11 is 0. The number of nitrogen functional groups attached to an aromatic ring is 1. The van der Waals surface area contributed by atoms with E-state index in [9.17, 15) is 0 Å². The van der Waals surface area contributed by atoms with E-state index in [1.54, 1.807) is 6.20 Å². The average molecular weight is 235 g/mol. The lowest BCUT2D eigenvalue weighted by molar-refractivity contribution is 0.00876. The third kappa shape index (κ3) is 3.68. The molecule has 4 heteroatoms. The van der Waals surface area contributed by atoms with Crippen molar-refractivity contribution < 1.29 is 4.74 Å². The first kappa shape index (κ1) is 12.3. The SMILES string of the molecule is CC1CCC(OCc2ccnc(NN)c2)CC1. The van der Waals surface area contributed by atoms with E-state index < -0.39 is 0 Å². The first-order valence-corrected chi connectivity index (χ1v) is 6.31. The van der Waals surface area contributed by atoms with Gasteiger partial charge in [-0.25, -0.2) is 10.8 Å². The highest BCUT2D eigenvalue weighted by molar-refractivity contribution is 5.35. The van der Waals surface area contributed by atoms with Crippen molar-refractivity contribution >= 4 is 5.82 Å². The van der Waals surface area contributed by atoms with Crippen molar-refractivity contribution in [3.05, 3.63) is 23.9 Å². The van der Waals surface area contributed by atoms with Gasteiger partial charge in [0.05, 0.1) is 12.7 Å². The fourth-order valence-electron chi connectivity index (χ4n) is 2.25. The van der Waals surface area contributed by atoms with Crippen molar-refractivity contribution in [3.8, 4) is 0 Å². The Kier molecular flexibility index (Phi) is 4.34. The fraction of sp³-hybridized carbons (Fsp3) is 0.615. The number of nitrogens with two attached hydrogens (primary N) is 1. The highest BCUT2D eigenvalue weighted by Crippen LogP contribution is 2.26. The maximum absolute atomic E-state index is 5.92. The maximum atomic E-state index is 5.92. The number of hydrazine groups is 1. The molecule has 0 amide bonds. The van der Waals surface area contributed by atoms with Gasteiger partial charge in [0.15, 0.2) is 0 Å². The van der Waals surface area contributed by atoms with E-state index in [2.05, 4.69) is 17.3 Å². The predicted molar refractivity (Wildman–Crippen MR) is 68.3 cm³/mol. The Hall–Kier alpha value is -1.13. The van der Waals surface area contributed by atoms with Gasteiger partial charge < -0.3 is 10.2 Å². The zero-order chi connectivity index (χ0) is 12.1. The van der Waals surface area contributed by atoms with Gasteiger partial charge in [0.25, 0.3) is 0 Å². The van der Waals surface area contributed by atoms with Crippen molar-refractivity contribution in [2.24, 2.45) is 11.8 Å². The Balaban J connectivity index is 1.81. The van der Waals surface area contributed by atoms with Crippen molar-refractivity contribution in [1.29, 1.82) is 0 Å². The summed E-state index contributed by atoms with van der Waals surface area (Å²) in [5, 5.41) is 0. The molecule has 0 saturated heterocycles. The summed E-state index contributed by atoms with van der Waals surface area (Å²) in [5.74, 6) is 6.87. The molecule has 94 valence electrons. The molecule has 3 N–H and O–H groups in total. The third-order valence-corrected chi connectivity index (χ3v) is 3.42. The van der Waals surface area contributed by atoms with Crippen LogP contribution in [0.3, 0.4) is 0 Å². The van der Waals surface area contributed by atoms with Crippen LogP contribution in [0.25, 0.3) is 0 Å². The molecule has 0 radical (unpaired) electrons. The molecule has 17 heavy (non-hydrogen) atoms. The van der Waals surface area contributed by atoms with Crippen molar-refractivity contribution in [1.82, 2.24) is 4.98 Å². The number of hydrogen-bond donors (Lipinski definition) is 2. The molecule has 1 heterocycles. The highest BCUT2D eigenvalue weighted by atomic mass is 16.5. The minimum absolute atomic E-state index is 0.425. The van der Waals surface area contributed by atoms with Crippen LogP contribution in [-0.4, -0.2) is 11.1 Å². The van der Waals surface area contributed by atoms with Crippen LogP contribution in [0.5, 0.6) is 0 Å². The van der Waals surface area contributed by atoms with Crippen molar-refractivity contribution in [3.63, 3.8) is 0 Å². The summed E-state index contributed by atoms with van der Waals surface area (Å²) in [7, 11) is 0. The molecule has 0 unspecified atom stereocenters. The lowest BCUT2D eigenvalue weighted by Crippen LogP contribution is -2.20. The van der Waals surface area contributed by atoms with Crippen molar-refractivity contribution in [2.75, 3.05) is 5.43 Å². The molecule has 1 aliphatic rings. The largest absolute Gasteiger partial charge is 0.374 e. The van der Waals surface area contributed by atoms with Gasteiger partial charge in [-0.2, -0.15) is 0 Å². The van der Waals surface area contributed by atoms with Gasteiger partial charge in [-0.05, 0) is 49.3 Å². The van der Waals surface area contributed by atoms with Gasteiger partial charge >= 0.3 is 0 Å². The number of pyridine rings is 1. The van der Waals surface area contributed by atoms with Gasteiger partial charge in [-0.3, -0.25) is 0 Å². The number of nitrogens with zero attached hydrogens (tertiary/aromatic N) is 1. The predicted octanol–water partition coefficient (Wildman–Crippen LogP) is 2.46. The van der Waals surface area contributed by atoms with Crippen LogP contribution >= 0.6 is 0 Å². The standard InChI is InChI=1S/C13H21N3O/c1-10-2-4-12(5-3-10)17-9-11-6-7-15-13(8-11)16-14/h6-8,10,12H,2-5,9,14H2,1H3,(H,15,16). The van der Waals surface area contributed by atoms with E-state index in [4.69, 9.17) is 10.6 Å². The zero-order valence-electron chi connectivity index (χ0n) is 10.4. The Morgan fingerprint density at radius 1 is 1.41 bits per heavy atom. The van der Waals surface area contributed by atoms with E-state index in [-0.39, 0.29) is 0 Å². The molecule has 1 aromatic rings. The van der Waals surface area contributed by atoms with E-state index >= 15 is 0 Å². The lowest BCUT2D eigenvalue weighted by Gasteiger charge is -2.26. The first-order chi connectivity index (χ1) is 8.28. The molecule has 0 bridgehead atoms. The Bertz CT molecular complexity index is 348. The topological polar surface area (TPSA) is 60.2 Å². The second-order valence-electron chi connectivity index (χ2n) is 4.89. The number of aromatic nitrogens is 1. The third-order valence-electron chi connectivity index (χ3n) is 3.42. The van der Waals surface area contributed by atoms with Gasteiger partial charge in [-0.1, -0.05) is 6.92 Å². The Morgan fingerprint density at radius 3 is 2.88 bits per heavy atom. The summed E-state index contributed by atoms with van der Waals surface area (Å²) in [6.07, 6.45) is 7.13. The number of rotatable bonds is 4. The maximum Gasteiger partial charge on any atom is 0.140 e. The van der Waals surface area contributed by atoms with Crippen LogP contribution in [-0.2, 0) is 11.3 Å². The van der Waals surface area contributed by atoms with E-state index in [0.29, 0.717) is 18.5 Å². The van der Waals surface area contributed by atoms with E-state index in [0.717, 1.165) is 11.5 Å². The first-order valence-electron chi connectivity index (χ1n) is 6.31. The summed E-state index contributed by atoms with van der Waals surface area (Å²) in [4.78, 5) is 4.07. The van der Waals surface area contributed by atoms with Crippen molar-refractivity contribution in [2.45, 2.75) is 45.3 Å². The molecule has 1 aliphatic carbocycles. The second kappa shape index (κ2) is 5.98. The number of ether oxygens (including phenoxy) is 1. The molecule has 4 nitrogen and oxygen atoms in total. The average Bonchev–Trinajstić information content (AvgIpc) is 2.38. The molecule has 0 aliphatic heterocycles. The quantitative estimate of drug-likeness (QED) is 0.621. The Morgan fingerprint density at radius 2 is 2.18 bits per heavy atom. The van der Waals surface area contributed by atoms with Crippen LogP contribution in [0.15, 0.2) is 18.3 Å². The molecule has 0 spiro atoms. The molecular weight excluding hydrogens is 214 g/mol. The van der Waals surface area contributed by atoms with Crippen LogP contribution in [0.4, 0.5) is 5.82 Å². The summed E-state index contributed by atoms with van der Waals surface area (Å²) in [6, 6.07) is 3.89. The normalized spacial score (nSPS) is 24.6. The molecule has 1 aromatic heterocycles. The summed E-state index contributed by atoms with van der Waals surface area (Å²) < 4.78 is 5.92. The Labute approximate surface area is 103 Å². The number of anilines is 1. The minimum atomic E-state index is 0.425. The molecular formula is C13H21N3O. The molecule has 0 aromatic carbocycles. The van der Waals surface area contributed by atoms with Crippen LogP contribution < -0.4 is 11.3 Å². The number of hydrogen-bond acceptors (Lipinski definition) is 4. The van der Waals surface area contributed by atoms with E-state index in [1.807, 2.05) is 12.1 Å². The number of nitrogens with one attached hydrogen (secondary N) is 1. The molecule has 0 atom stereocenters. The zero-order valence-corrected chi connectivity index (χ0v) is 10.4. The van der Waals surface area contributed by atoms with Gasteiger partial charge in [0.1, 0.15) is 5.82 Å². The fourth-order valence-corrected chi connectivity index (χ4v) is 2.25. The van der Waals surface area contributed by atoms with E-state index in [1.165, 1.54) is 25.7 Å². The van der Waals surface area contributed by atoms with Gasteiger partial charge in [-0.15, -0.1) is 0 Å². The van der Waals surface area contributed by atoms with Gasteiger partial charge in [0.2, 0.25) is 0 Å². The van der Waals surface area contributed by atoms with Crippen LogP contribution in [0, 0.1) is 5.92 Å². The molecule has 1 fully saturated rings. The minimum Gasteiger partial charge on any atom is -0.374 e.